The Balaban J connectivity index is 1.75. The SMILES string of the molecule is N#CCN1CCN(C2CCCC2)CC1. The van der Waals surface area contributed by atoms with E-state index in [2.05, 4.69) is 15.9 Å². The molecule has 0 amide bonds. The molecule has 1 heterocycles. The number of hydrogen-bond acceptors (Lipinski definition) is 3. The smallest absolute Gasteiger partial charge is 0.0866 e. The molecule has 14 heavy (non-hydrogen) atoms. The van der Waals surface area contributed by atoms with Crippen LogP contribution in [0.5, 0.6) is 0 Å². The van der Waals surface area contributed by atoms with Gasteiger partial charge in [0.25, 0.3) is 0 Å². The van der Waals surface area contributed by atoms with Gasteiger partial charge in [0.15, 0.2) is 0 Å². The Labute approximate surface area is 86.3 Å². The third-order valence-electron chi connectivity index (χ3n) is 3.54. The van der Waals surface area contributed by atoms with Gasteiger partial charge in [0, 0.05) is 32.2 Å². The van der Waals surface area contributed by atoms with Gasteiger partial charge in [-0.2, -0.15) is 5.26 Å². The maximum absolute atomic E-state index is 8.59. The van der Waals surface area contributed by atoms with Gasteiger partial charge in [-0.05, 0) is 12.8 Å². The molecule has 2 aliphatic rings. The largest absolute Gasteiger partial charge is 0.298 e. The second-order valence-corrected chi connectivity index (χ2v) is 4.41. The highest BCUT2D eigenvalue weighted by atomic mass is 15.3. The van der Waals surface area contributed by atoms with Gasteiger partial charge in [-0.15, -0.1) is 0 Å². The zero-order valence-corrected chi connectivity index (χ0v) is 8.78. The Morgan fingerprint density at radius 1 is 1.07 bits per heavy atom. The van der Waals surface area contributed by atoms with Crippen molar-refractivity contribution in [3.63, 3.8) is 0 Å². The summed E-state index contributed by atoms with van der Waals surface area (Å²) in [6.07, 6.45) is 5.64. The monoisotopic (exact) mass is 193 g/mol. The van der Waals surface area contributed by atoms with Gasteiger partial charge in [-0.25, -0.2) is 0 Å². The van der Waals surface area contributed by atoms with Crippen molar-refractivity contribution in [3.8, 4) is 6.07 Å². The molecule has 0 atom stereocenters. The van der Waals surface area contributed by atoms with E-state index in [1.165, 1.54) is 38.8 Å². The molecule has 3 heteroatoms. The molecule has 1 saturated heterocycles. The molecule has 0 N–H and O–H groups in total. The molecule has 0 aromatic rings. The highest BCUT2D eigenvalue weighted by Crippen LogP contribution is 2.24. The van der Waals surface area contributed by atoms with E-state index < -0.39 is 0 Å². The first-order valence-electron chi connectivity index (χ1n) is 5.73. The van der Waals surface area contributed by atoms with Crippen molar-refractivity contribution < 1.29 is 0 Å². The molecule has 1 saturated carbocycles. The van der Waals surface area contributed by atoms with Crippen LogP contribution in [-0.4, -0.2) is 48.6 Å². The van der Waals surface area contributed by atoms with Crippen LogP contribution in [0.25, 0.3) is 0 Å². The molecule has 3 nitrogen and oxygen atoms in total. The highest BCUT2D eigenvalue weighted by molar-refractivity contribution is 4.85. The predicted molar refractivity (Wildman–Crippen MR) is 55.9 cm³/mol. The van der Waals surface area contributed by atoms with E-state index in [1.54, 1.807) is 0 Å². The first kappa shape index (κ1) is 9.95. The topological polar surface area (TPSA) is 30.3 Å². The number of rotatable bonds is 2. The van der Waals surface area contributed by atoms with E-state index in [-0.39, 0.29) is 0 Å². The lowest BCUT2D eigenvalue weighted by Gasteiger charge is -2.37. The van der Waals surface area contributed by atoms with Crippen LogP contribution in [0.15, 0.2) is 0 Å². The molecule has 0 spiro atoms. The van der Waals surface area contributed by atoms with E-state index in [1.807, 2.05) is 0 Å². The van der Waals surface area contributed by atoms with E-state index in [0.717, 1.165) is 19.1 Å². The van der Waals surface area contributed by atoms with Crippen LogP contribution >= 0.6 is 0 Å². The van der Waals surface area contributed by atoms with Crippen LogP contribution in [0.2, 0.25) is 0 Å². The maximum Gasteiger partial charge on any atom is 0.0866 e. The first-order chi connectivity index (χ1) is 6.90. The van der Waals surface area contributed by atoms with Crippen LogP contribution in [0.4, 0.5) is 0 Å². The summed E-state index contributed by atoms with van der Waals surface area (Å²) in [5, 5.41) is 8.59. The van der Waals surface area contributed by atoms with Gasteiger partial charge in [0.1, 0.15) is 0 Å². The van der Waals surface area contributed by atoms with Crippen LogP contribution in [0, 0.1) is 11.3 Å². The molecular weight excluding hydrogens is 174 g/mol. The number of nitrogens with zero attached hydrogens (tertiary/aromatic N) is 3. The van der Waals surface area contributed by atoms with Crippen molar-refractivity contribution in [3.05, 3.63) is 0 Å². The minimum absolute atomic E-state index is 0.610. The average molecular weight is 193 g/mol. The van der Waals surface area contributed by atoms with Crippen molar-refractivity contribution in [2.24, 2.45) is 0 Å². The minimum atomic E-state index is 0.610. The summed E-state index contributed by atoms with van der Waals surface area (Å²) in [7, 11) is 0. The molecule has 0 radical (unpaired) electrons. The second-order valence-electron chi connectivity index (χ2n) is 4.41. The molecule has 2 rings (SSSR count). The predicted octanol–water partition coefficient (Wildman–Crippen LogP) is 1.07. The molecule has 0 aromatic heterocycles. The van der Waals surface area contributed by atoms with Crippen molar-refractivity contribution in [2.45, 2.75) is 31.7 Å². The Hall–Kier alpha value is -0.590. The molecule has 0 unspecified atom stereocenters. The summed E-state index contributed by atoms with van der Waals surface area (Å²) in [4.78, 5) is 4.88. The molecule has 0 bridgehead atoms. The van der Waals surface area contributed by atoms with E-state index in [0.29, 0.717) is 6.54 Å². The third-order valence-corrected chi connectivity index (χ3v) is 3.54. The fourth-order valence-electron chi connectivity index (χ4n) is 2.66. The fourth-order valence-corrected chi connectivity index (χ4v) is 2.66. The summed E-state index contributed by atoms with van der Waals surface area (Å²) < 4.78 is 0. The lowest BCUT2D eigenvalue weighted by atomic mass is 10.2. The molecule has 0 aromatic carbocycles. The van der Waals surface area contributed by atoms with Crippen molar-refractivity contribution >= 4 is 0 Å². The molecule has 1 aliphatic heterocycles. The second kappa shape index (κ2) is 4.77. The van der Waals surface area contributed by atoms with Crippen LogP contribution in [-0.2, 0) is 0 Å². The van der Waals surface area contributed by atoms with Gasteiger partial charge in [-0.1, -0.05) is 12.8 Å². The Bertz CT molecular complexity index is 207. The third kappa shape index (κ3) is 2.26. The summed E-state index contributed by atoms with van der Waals surface area (Å²) in [6.45, 7) is 5.13. The van der Waals surface area contributed by atoms with E-state index in [9.17, 15) is 0 Å². The minimum Gasteiger partial charge on any atom is -0.298 e. The molecule has 1 aliphatic carbocycles. The van der Waals surface area contributed by atoms with Crippen molar-refractivity contribution in [1.29, 1.82) is 5.26 Å². The first-order valence-corrected chi connectivity index (χ1v) is 5.73. The number of nitriles is 1. The number of hydrogen-bond donors (Lipinski definition) is 0. The Kier molecular flexibility index (Phi) is 3.39. The van der Waals surface area contributed by atoms with Crippen LogP contribution in [0.3, 0.4) is 0 Å². The van der Waals surface area contributed by atoms with Crippen molar-refractivity contribution in [2.75, 3.05) is 32.7 Å². The molecular formula is C11H19N3. The van der Waals surface area contributed by atoms with Crippen molar-refractivity contribution in [1.82, 2.24) is 9.80 Å². The lowest BCUT2D eigenvalue weighted by Crippen LogP contribution is -2.49. The van der Waals surface area contributed by atoms with Gasteiger partial charge in [-0.3, -0.25) is 9.80 Å². The normalized spacial score (nSPS) is 26.5. The van der Waals surface area contributed by atoms with E-state index >= 15 is 0 Å². The standard InChI is InChI=1S/C11H19N3/c12-5-6-13-7-9-14(10-8-13)11-3-1-2-4-11/h11H,1-4,6-10H2. The highest BCUT2D eigenvalue weighted by Gasteiger charge is 2.25. The van der Waals surface area contributed by atoms with E-state index in [4.69, 9.17) is 5.26 Å². The summed E-state index contributed by atoms with van der Waals surface area (Å²) in [6, 6.07) is 3.09. The zero-order chi connectivity index (χ0) is 9.80. The lowest BCUT2D eigenvalue weighted by molar-refractivity contribution is 0.106. The van der Waals surface area contributed by atoms with Crippen LogP contribution < -0.4 is 0 Å². The average Bonchev–Trinajstić information content (AvgIpc) is 2.72. The van der Waals surface area contributed by atoms with Gasteiger partial charge in [0.2, 0.25) is 0 Å². The fraction of sp³-hybridized carbons (Fsp3) is 0.909. The zero-order valence-electron chi connectivity index (χ0n) is 8.78. The van der Waals surface area contributed by atoms with Gasteiger partial charge >= 0.3 is 0 Å². The summed E-state index contributed by atoms with van der Waals surface area (Å²) in [5.41, 5.74) is 0. The van der Waals surface area contributed by atoms with Gasteiger partial charge in [0.05, 0.1) is 12.6 Å². The summed E-state index contributed by atoms with van der Waals surface area (Å²) in [5.74, 6) is 0. The molecule has 2 fully saturated rings. The maximum atomic E-state index is 8.59. The number of piperazine rings is 1. The van der Waals surface area contributed by atoms with Crippen LogP contribution in [0.1, 0.15) is 25.7 Å². The molecule has 78 valence electrons. The van der Waals surface area contributed by atoms with Gasteiger partial charge < -0.3 is 0 Å². The Morgan fingerprint density at radius 2 is 1.71 bits per heavy atom. The summed E-state index contributed by atoms with van der Waals surface area (Å²) >= 11 is 0. The quantitative estimate of drug-likeness (QED) is 0.615. The Morgan fingerprint density at radius 3 is 2.29 bits per heavy atom.